The summed E-state index contributed by atoms with van der Waals surface area (Å²) in [4.78, 5) is 13.8. The van der Waals surface area contributed by atoms with Crippen LogP contribution in [0.4, 0.5) is 5.69 Å². The molecule has 0 unspecified atom stereocenters. The SMILES string of the molecule is CCc1[nH]nc(C(=O)N2CCN(S(N)(=O)=O)CC2)c1N. The van der Waals surface area contributed by atoms with Crippen molar-refractivity contribution >= 4 is 21.8 Å². The zero-order valence-corrected chi connectivity index (χ0v) is 12.0. The van der Waals surface area contributed by atoms with Crippen LogP contribution in [-0.2, 0) is 16.6 Å². The Kier molecular flexibility index (Phi) is 3.97. The molecule has 2 heterocycles. The number of aromatic amines is 1. The zero-order chi connectivity index (χ0) is 14.9. The van der Waals surface area contributed by atoms with E-state index in [1.165, 1.54) is 4.90 Å². The summed E-state index contributed by atoms with van der Waals surface area (Å²) >= 11 is 0. The summed E-state index contributed by atoms with van der Waals surface area (Å²) in [5.74, 6) is -0.299. The number of aryl methyl sites for hydroxylation is 1. The first-order chi connectivity index (χ1) is 9.34. The van der Waals surface area contributed by atoms with E-state index in [1.54, 1.807) is 0 Å². The van der Waals surface area contributed by atoms with Crippen LogP contribution in [0, 0.1) is 0 Å². The van der Waals surface area contributed by atoms with E-state index < -0.39 is 10.2 Å². The number of rotatable bonds is 3. The number of hydrogen-bond donors (Lipinski definition) is 3. The minimum atomic E-state index is -3.70. The first-order valence-corrected chi connectivity index (χ1v) is 7.74. The Bertz CT molecular complexity index is 603. The van der Waals surface area contributed by atoms with Gasteiger partial charge < -0.3 is 10.6 Å². The lowest BCUT2D eigenvalue weighted by Gasteiger charge is -2.32. The molecule has 1 aromatic rings. The molecule has 1 aliphatic heterocycles. The summed E-state index contributed by atoms with van der Waals surface area (Å²) in [6.45, 7) is 2.79. The second-order valence-electron chi connectivity index (χ2n) is 4.55. The maximum atomic E-state index is 12.3. The van der Waals surface area contributed by atoms with Crippen molar-refractivity contribution in [2.75, 3.05) is 31.9 Å². The van der Waals surface area contributed by atoms with Crippen LogP contribution in [0.2, 0.25) is 0 Å². The second kappa shape index (κ2) is 5.38. The molecule has 1 aliphatic rings. The number of piperazine rings is 1. The van der Waals surface area contributed by atoms with E-state index in [2.05, 4.69) is 10.2 Å². The Morgan fingerprint density at radius 3 is 2.40 bits per heavy atom. The van der Waals surface area contributed by atoms with Gasteiger partial charge in [0.25, 0.3) is 16.1 Å². The number of nitrogens with zero attached hydrogens (tertiary/aromatic N) is 3. The number of carbonyl (C=O) groups is 1. The van der Waals surface area contributed by atoms with Crippen molar-refractivity contribution in [2.45, 2.75) is 13.3 Å². The third-order valence-electron chi connectivity index (χ3n) is 3.32. The van der Waals surface area contributed by atoms with Gasteiger partial charge in [-0.1, -0.05) is 6.92 Å². The molecule has 112 valence electrons. The van der Waals surface area contributed by atoms with E-state index in [-0.39, 0.29) is 37.8 Å². The fourth-order valence-electron chi connectivity index (χ4n) is 2.11. The summed E-state index contributed by atoms with van der Waals surface area (Å²) in [6.07, 6.45) is 0.658. The van der Waals surface area contributed by atoms with Crippen LogP contribution >= 0.6 is 0 Å². The third kappa shape index (κ3) is 2.76. The minimum Gasteiger partial charge on any atom is -0.395 e. The van der Waals surface area contributed by atoms with E-state index in [1.807, 2.05) is 6.92 Å². The number of aromatic nitrogens is 2. The molecule has 1 saturated heterocycles. The van der Waals surface area contributed by atoms with Gasteiger partial charge in [0.15, 0.2) is 5.69 Å². The third-order valence-corrected chi connectivity index (χ3v) is 4.41. The molecule has 0 radical (unpaired) electrons. The van der Waals surface area contributed by atoms with Crippen LogP contribution in [-0.4, -0.2) is 59.9 Å². The highest BCUT2D eigenvalue weighted by atomic mass is 32.2. The average molecular weight is 302 g/mol. The Balaban J connectivity index is 2.07. The fraction of sp³-hybridized carbons (Fsp3) is 0.600. The number of carbonyl (C=O) groups excluding carboxylic acids is 1. The van der Waals surface area contributed by atoms with Crippen molar-refractivity contribution in [1.82, 2.24) is 19.4 Å². The van der Waals surface area contributed by atoms with Crippen LogP contribution < -0.4 is 10.9 Å². The van der Waals surface area contributed by atoms with E-state index in [9.17, 15) is 13.2 Å². The summed E-state index contributed by atoms with van der Waals surface area (Å²) in [7, 11) is -3.70. The first kappa shape index (κ1) is 14.8. The van der Waals surface area contributed by atoms with Crippen molar-refractivity contribution in [3.05, 3.63) is 11.4 Å². The van der Waals surface area contributed by atoms with E-state index in [4.69, 9.17) is 10.9 Å². The lowest BCUT2D eigenvalue weighted by molar-refractivity contribution is 0.0693. The van der Waals surface area contributed by atoms with E-state index >= 15 is 0 Å². The van der Waals surface area contributed by atoms with E-state index in [0.717, 1.165) is 10.00 Å². The number of hydrogen-bond acceptors (Lipinski definition) is 5. The molecule has 0 aliphatic carbocycles. The molecule has 0 bridgehead atoms. The number of nitrogens with one attached hydrogen (secondary N) is 1. The summed E-state index contributed by atoms with van der Waals surface area (Å²) in [5, 5.41) is 11.7. The fourth-order valence-corrected chi connectivity index (χ4v) is 2.79. The highest BCUT2D eigenvalue weighted by Gasteiger charge is 2.29. The average Bonchev–Trinajstić information content (AvgIpc) is 2.78. The molecule has 2 rings (SSSR count). The molecular weight excluding hydrogens is 284 g/mol. The molecule has 5 N–H and O–H groups in total. The highest BCUT2D eigenvalue weighted by molar-refractivity contribution is 7.86. The maximum absolute atomic E-state index is 12.3. The normalized spacial score (nSPS) is 17.4. The molecule has 1 fully saturated rings. The number of amides is 1. The Labute approximate surface area is 117 Å². The van der Waals surface area contributed by atoms with Gasteiger partial charge in [0.05, 0.1) is 11.4 Å². The van der Waals surface area contributed by atoms with Crippen LogP contribution in [0.5, 0.6) is 0 Å². The van der Waals surface area contributed by atoms with E-state index in [0.29, 0.717) is 12.1 Å². The number of nitrogen functional groups attached to an aromatic ring is 1. The monoisotopic (exact) mass is 302 g/mol. The standard InChI is InChI=1S/C10H18N6O3S/c1-2-7-8(11)9(14-13-7)10(17)15-3-5-16(6-4-15)20(12,18)19/h2-6,11H2,1H3,(H,13,14)(H2,12,18,19). The van der Waals surface area contributed by atoms with Gasteiger partial charge in [-0.25, -0.2) is 5.14 Å². The predicted octanol–water partition coefficient (Wildman–Crippen LogP) is -1.48. The molecule has 0 aromatic carbocycles. The Morgan fingerprint density at radius 2 is 1.95 bits per heavy atom. The van der Waals surface area contributed by atoms with Crippen molar-refractivity contribution < 1.29 is 13.2 Å². The number of H-pyrrole nitrogens is 1. The Morgan fingerprint density at radius 1 is 1.35 bits per heavy atom. The lowest BCUT2D eigenvalue weighted by Crippen LogP contribution is -2.52. The molecular formula is C10H18N6O3S. The largest absolute Gasteiger partial charge is 0.395 e. The van der Waals surface area contributed by atoms with Crippen molar-refractivity contribution in [3.8, 4) is 0 Å². The van der Waals surface area contributed by atoms with Crippen molar-refractivity contribution in [3.63, 3.8) is 0 Å². The smallest absolute Gasteiger partial charge is 0.277 e. The van der Waals surface area contributed by atoms with Gasteiger partial charge in [0, 0.05) is 26.2 Å². The van der Waals surface area contributed by atoms with Gasteiger partial charge in [-0.05, 0) is 6.42 Å². The molecule has 0 saturated carbocycles. The van der Waals surface area contributed by atoms with Crippen LogP contribution in [0.25, 0.3) is 0 Å². The zero-order valence-electron chi connectivity index (χ0n) is 11.2. The molecule has 10 heteroatoms. The van der Waals surface area contributed by atoms with Crippen molar-refractivity contribution in [1.29, 1.82) is 0 Å². The van der Waals surface area contributed by atoms with Gasteiger partial charge in [-0.15, -0.1) is 0 Å². The highest BCUT2D eigenvalue weighted by Crippen LogP contribution is 2.17. The number of anilines is 1. The molecule has 0 spiro atoms. The second-order valence-corrected chi connectivity index (χ2v) is 6.10. The Hall–Kier alpha value is -1.65. The summed E-state index contributed by atoms with van der Waals surface area (Å²) in [6, 6.07) is 0. The van der Waals surface area contributed by atoms with Gasteiger partial charge in [-0.3, -0.25) is 9.89 Å². The quantitative estimate of drug-likeness (QED) is 0.624. The van der Waals surface area contributed by atoms with Crippen LogP contribution in [0.3, 0.4) is 0 Å². The number of nitrogens with two attached hydrogens (primary N) is 2. The molecule has 0 atom stereocenters. The lowest BCUT2D eigenvalue weighted by atomic mass is 10.2. The van der Waals surface area contributed by atoms with Gasteiger partial charge in [0.2, 0.25) is 0 Å². The maximum Gasteiger partial charge on any atom is 0.277 e. The van der Waals surface area contributed by atoms with Gasteiger partial charge in [0.1, 0.15) is 0 Å². The first-order valence-electron chi connectivity index (χ1n) is 6.24. The molecule has 1 amide bonds. The predicted molar refractivity (Wildman–Crippen MR) is 73.0 cm³/mol. The van der Waals surface area contributed by atoms with Crippen LogP contribution in [0.15, 0.2) is 0 Å². The van der Waals surface area contributed by atoms with Crippen molar-refractivity contribution in [2.24, 2.45) is 5.14 Å². The summed E-state index contributed by atoms with van der Waals surface area (Å²) < 4.78 is 23.5. The molecule has 9 nitrogen and oxygen atoms in total. The van der Waals surface area contributed by atoms with Gasteiger partial charge in [-0.2, -0.15) is 17.8 Å². The summed E-state index contributed by atoms with van der Waals surface area (Å²) in [5.41, 5.74) is 7.11. The minimum absolute atomic E-state index is 0.176. The van der Waals surface area contributed by atoms with Crippen LogP contribution in [0.1, 0.15) is 23.1 Å². The molecule has 20 heavy (non-hydrogen) atoms. The van der Waals surface area contributed by atoms with Gasteiger partial charge >= 0.3 is 0 Å². The topological polar surface area (TPSA) is 138 Å². The molecule has 1 aromatic heterocycles.